The first kappa shape index (κ1) is 8.17. The van der Waals surface area contributed by atoms with Crippen molar-refractivity contribution in [2.75, 3.05) is 0 Å². The molecule has 3 aromatic rings. The average molecular weight is 196 g/mol. The van der Waals surface area contributed by atoms with Crippen molar-refractivity contribution in [1.82, 2.24) is 9.97 Å². The van der Waals surface area contributed by atoms with E-state index in [0.717, 1.165) is 16.5 Å². The van der Waals surface area contributed by atoms with Crippen molar-refractivity contribution in [1.29, 1.82) is 0 Å². The van der Waals surface area contributed by atoms with Crippen molar-refractivity contribution in [3.8, 4) is 11.6 Å². The first-order valence-electron chi connectivity index (χ1n) is 4.69. The maximum absolute atomic E-state index is 5.25. The molecule has 0 fully saturated rings. The van der Waals surface area contributed by atoms with E-state index in [0.29, 0.717) is 5.89 Å². The van der Waals surface area contributed by atoms with Crippen LogP contribution in [0.1, 0.15) is 0 Å². The summed E-state index contributed by atoms with van der Waals surface area (Å²) in [5, 5.41) is 2.20. The van der Waals surface area contributed by atoms with Crippen LogP contribution in [-0.2, 0) is 0 Å². The summed E-state index contributed by atoms with van der Waals surface area (Å²) in [6.07, 6.45) is 4.94. The van der Waals surface area contributed by atoms with Crippen molar-refractivity contribution < 1.29 is 4.42 Å². The fourth-order valence-electron chi connectivity index (χ4n) is 1.63. The lowest BCUT2D eigenvalue weighted by molar-refractivity contribution is 0.573. The van der Waals surface area contributed by atoms with Crippen LogP contribution in [-0.4, -0.2) is 9.97 Å². The molecule has 0 bridgehead atoms. The Hall–Kier alpha value is -2.16. The number of aromatic nitrogens is 2. The van der Waals surface area contributed by atoms with Crippen LogP contribution in [0.2, 0.25) is 0 Å². The van der Waals surface area contributed by atoms with E-state index >= 15 is 0 Å². The lowest BCUT2D eigenvalue weighted by atomic mass is 10.1. The second kappa shape index (κ2) is 3.20. The summed E-state index contributed by atoms with van der Waals surface area (Å²) in [7, 11) is 0. The maximum atomic E-state index is 5.25. The predicted octanol–water partition coefficient (Wildman–Crippen LogP) is 2.89. The molecule has 1 aromatic carbocycles. The number of hydrogen-bond donors (Lipinski definition) is 0. The summed E-state index contributed by atoms with van der Waals surface area (Å²) in [6, 6.07) is 10.0. The summed E-state index contributed by atoms with van der Waals surface area (Å²) in [5.41, 5.74) is 0.790. The van der Waals surface area contributed by atoms with Gasteiger partial charge in [0.1, 0.15) is 12.0 Å². The number of hydrogen-bond acceptors (Lipinski definition) is 3. The molecule has 0 aliphatic carbocycles. The van der Waals surface area contributed by atoms with Crippen LogP contribution in [0.5, 0.6) is 0 Å². The largest absolute Gasteiger partial charge is 0.443 e. The summed E-state index contributed by atoms with van der Waals surface area (Å²) in [6.45, 7) is 0. The van der Waals surface area contributed by atoms with E-state index in [2.05, 4.69) is 9.97 Å². The maximum Gasteiger partial charge on any atom is 0.245 e. The van der Waals surface area contributed by atoms with Crippen molar-refractivity contribution in [2.24, 2.45) is 0 Å². The van der Waals surface area contributed by atoms with Gasteiger partial charge in [0.15, 0.2) is 0 Å². The van der Waals surface area contributed by atoms with Gasteiger partial charge < -0.3 is 4.42 Å². The molecule has 0 N–H and O–H groups in total. The third-order valence-electron chi connectivity index (χ3n) is 2.31. The number of pyridine rings is 1. The van der Waals surface area contributed by atoms with E-state index < -0.39 is 0 Å². The van der Waals surface area contributed by atoms with Crippen LogP contribution in [0.4, 0.5) is 0 Å². The van der Waals surface area contributed by atoms with Gasteiger partial charge in [-0.2, -0.15) is 0 Å². The minimum Gasteiger partial charge on any atom is -0.443 e. The van der Waals surface area contributed by atoms with E-state index in [-0.39, 0.29) is 0 Å². The molecule has 0 radical (unpaired) electrons. The molecule has 0 aliphatic heterocycles. The summed E-state index contributed by atoms with van der Waals surface area (Å²) in [5.74, 6) is 0.562. The molecule has 2 heterocycles. The third kappa shape index (κ3) is 1.29. The summed E-state index contributed by atoms with van der Waals surface area (Å²) >= 11 is 0. The molecule has 3 nitrogen and oxygen atoms in total. The van der Waals surface area contributed by atoms with Crippen LogP contribution in [0.15, 0.2) is 53.4 Å². The number of oxazole rings is 1. The number of fused-ring (bicyclic) bond motifs is 1. The smallest absolute Gasteiger partial charge is 0.245 e. The zero-order valence-electron chi connectivity index (χ0n) is 7.92. The van der Waals surface area contributed by atoms with E-state index in [4.69, 9.17) is 4.42 Å². The fourth-order valence-corrected chi connectivity index (χ4v) is 1.63. The van der Waals surface area contributed by atoms with Gasteiger partial charge in [0.05, 0.1) is 6.20 Å². The Morgan fingerprint density at radius 1 is 0.933 bits per heavy atom. The highest BCUT2D eigenvalue weighted by atomic mass is 16.3. The predicted molar refractivity (Wildman–Crippen MR) is 57.2 cm³/mol. The zero-order valence-corrected chi connectivity index (χ0v) is 7.92. The Bertz CT molecular complexity index is 582. The molecule has 0 amide bonds. The van der Waals surface area contributed by atoms with Gasteiger partial charge in [-0.1, -0.05) is 24.3 Å². The lowest BCUT2D eigenvalue weighted by Crippen LogP contribution is -1.85. The van der Waals surface area contributed by atoms with Gasteiger partial charge in [-0.25, -0.2) is 4.98 Å². The third-order valence-corrected chi connectivity index (χ3v) is 2.31. The zero-order chi connectivity index (χ0) is 10.1. The Morgan fingerprint density at radius 3 is 2.73 bits per heavy atom. The van der Waals surface area contributed by atoms with Crippen LogP contribution >= 0.6 is 0 Å². The van der Waals surface area contributed by atoms with E-state index in [9.17, 15) is 0 Å². The quantitative estimate of drug-likeness (QED) is 0.600. The molecule has 3 rings (SSSR count). The number of rotatable bonds is 1. The number of benzene rings is 1. The highest BCUT2D eigenvalue weighted by Gasteiger charge is 2.07. The normalized spacial score (nSPS) is 10.7. The van der Waals surface area contributed by atoms with Gasteiger partial charge in [0, 0.05) is 11.6 Å². The molecule has 0 saturated heterocycles. The Balaban J connectivity index is 2.36. The van der Waals surface area contributed by atoms with Gasteiger partial charge in [0.25, 0.3) is 0 Å². The SMILES string of the molecule is c1ccc2c(-c3ncco3)nccc2c1. The molecule has 2 aromatic heterocycles. The molecule has 3 heteroatoms. The molecular formula is C12H8N2O. The van der Waals surface area contributed by atoms with E-state index in [1.165, 1.54) is 0 Å². The summed E-state index contributed by atoms with van der Waals surface area (Å²) in [4.78, 5) is 8.40. The average Bonchev–Trinajstić information content (AvgIpc) is 2.82. The van der Waals surface area contributed by atoms with Crippen LogP contribution in [0.25, 0.3) is 22.4 Å². The topological polar surface area (TPSA) is 38.9 Å². The van der Waals surface area contributed by atoms with Crippen molar-refractivity contribution >= 4 is 10.8 Å². The second-order valence-corrected chi connectivity index (χ2v) is 3.22. The molecular weight excluding hydrogens is 188 g/mol. The highest BCUT2D eigenvalue weighted by molar-refractivity contribution is 5.92. The van der Waals surface area contributed by atoms with E-state index in [1.807, 2.05) is 30.3 Å². The standard InChI is InChI=1S/C12H8N2O/c1-2-4-10-9(3-1)5-6-13-11(10)12-14-7-8-15-12/h1-8H. The monoisotopic (exact) mass is 196 g/mol. The Morgan fingerprint density at radius 2 is 1.87 bits per heavy atom. The molecule has 0 aliphatic rings. The summed E-state index contributed by atoms with van der Waals surface area (Å²) < 4.78 is 5.25. The Labute approximate surface area is 86.4 Å². The van der Waals surface area contributed by atoms with Gasteiger partial charge in [-0.3, -0.25) is 4.98 Å². The Kier molecular flexibility index (Phi) is 1.75. The van der Waals surface area contributed by atoms with Crippen molar-refractivity contribution in [2.45, 2.75) is 0 Å². The molecule has 0 spiro atoms. The molecule has 15 heavy (non-hydrogen) atoms. The second-order valence-electron chi connectivity index (χ2n) is 3.22. The first-order chi connectivity index (χ1) is 7.45. The minimum absolute atomic E-state index is 0.562. The van der Waals surface area contributed by atoms with Gasteiger partial charge >= 0.3 is 0 Å². The van der Waals surface area contributed by atoms with E-state index in [1.54, 1.807) is 18.7 Å². The van der Waals surface area contributed by atoms with Gasteiger partial charge in [-0.05, 0) is 11.5 Å². The van der Waals surface area contributed by atoms with Gasteiger partial charge in [-0.15, -0.1) is 0 Å². The van der Waals surface area contributed by atoms with Crippen LogP contribution < -0.4 is 0 Å². The molecule has 72 valence electrons. The van der Waals surface area contributed by atoms with Crippen LogP contribution in [0.3, 0.4) is 0 Å². The van der Waals surface area contributed by atoms with Gasteiger partial charge in [0.2, 0.25) is 5.89 Å². The lowest BCUT2D eigenvalue weighted by Gasteiger charge is -2.00. The van der Waals surface area contributed by atoms with Crippen LogP contribution in [0, 0.1) is 0 Å². The first-order valence-corrected chi connectivity index (χ1v) is 4.69. The highest BCUT2D eigenvalue weighted by Crippen LogP contribution is 2.24. The molecule has 0 unspecified atom stereocenters. The minimum atomic E-state index is 0.562. The van der Waals surface area contributed by atoms with Crippen molar-refractivity contribution in [3.63, 3.8) is 0 Å². The molecule has 0 saturated carbocycles. The van der Waals surface area contributed by atoms with Crippen molar-refractivity contribution in [3.05, 3.63) is 49.0 Å². The molecule has 0 atom stereocenters. The number of nitrogens with zero attached hydrogens (tertiary/aromatic N) is 2. The fraction of sp³-hybridized carbons (Fsp3) is 0.